The Labute approximate surface area is 111 Å². The first-order valence-corrected chi connectivity index (χ1v) is 5.94. The number of amides is 2. The van der Waals surface area contributed by atoms with Crippen molar-refractivity contribution < 1.29 is 14.0 Å². The molecule has 0 fully saturated rings. The fraction of sp³-hybridized carbons (Fsp3) is 0.385. The largest absolute Gasteiger partial charge is 0.399 e. The van der Waals surface area contributed by atoms with Crippen LogP contribution in [0.25, 0.3) is 0 Å². The van der Waals surface area contributed by atoms with E-state index in [-0.39, 0.29) is 23.7 Å². The average molecular weight is 267 g/mol. The Balaban J connectivity index is 3.00. The Hall–Kier alpha value is -2.11. The van der Waals surface area contributed by atoms with Crippen LogP contribution in [0.5, 0.6) is 0 Å². The molecule has 19 heavy (non-hydrogen) atoms. The van der Waals surface area contributed by atoms with E-state index >= 15 is 0 Å². The molecule has 1 aromatic carbocycles. The van der Waals surface area contributed by atoms with Gasteiger partial charge in [-0.2, -0.15) is 0 Å². The Morgan fingerprint density at radius 3 is 2.47 bits per heavy atom. The molecule has 0 aliphatic heterocycles. The lowest BCUT2D eigenvalue weighted by atomic mass is 10.1. The summed E-state index contributed by atoms with van der Waals surface area (Å²) in [6.45, 7) is 3.87. The summed E-state index contributed by atoms with van der Waals surface area (Å²) < 4.78 is 13.7. The summed E-state index contributed by atoms with van der Waals surface area (Å²) in [6.07, 6.45) is 0. The van der Waals surface area contributed by atoms with Gasteiger partial charge in [-0.25, -0.2) is 4.39 Å². The van der Waals surface area contributed by atoms with E-state index in [0.29, 0.717) is 6.54 Å². The molecule has 1 aromatic rings. The molecule has 104 valence electrons. The Morgan fingerprint density at radius 2 is 2.00 bits per heavy atom. The van der Waals surface area contributed by atoms with Crippen molar-refractivity contribution in [1.82, 2.24) is 4.90 Å². The summed E-state index contributed by atoms with van der Waals surface area (Å²) in [4.78, 5) is 24.4. The number of halogens is 1. The molecule has 4 N–H and O–H groups in total. The van der Waals surface area contributed by atoms with Crippen LogP contribution in [0.3, 0.4) is 0 Å². The summed E-state index contributed by atoms with van der Waals surface area (Å²) in [7, 11) is 0. The van der Waals surface area contributed by atoms with Gasteiger partial charge in [0.1, 0.15) is 5.82 Å². The number of primary amides is 1. The van der Waals surface area contributed by atoms with Crippen LogP contribution in [-0.4, -0.2) is 29.8 Å². The van der Waals surface area contributed by atoms with Crippen molar-refractivity contribution >= 4 is 17.5 Å². The van der Waals surface area contributed by atoms with Gasteiger partial charge in [0, 0.05) is 12.2 Å². The van der Waals surface area contributed by atoms with E-state index in [1.807, 2.05) is 13.8 Å². The van der Waals surface area contributed by atoms with E-state index in [4.69, 9.17) is 11.5 Å². The standard InChI is InChI=1S/C13H18FN3O2/c1-8(2)6-17(7-12(16)18)13(19)10-4-3-9(15)5-11(10)14/h3-5,8H,6-7,15H2,1-2H3,(H2,16,18). The average Bonchev–Trinajstić information content (AvgIpc) is 2.26. The molecule has 1 rings (SSSR count). The molecular weight excluding hydrogens is 249 g/mol. The minimum Gasteiger partial charge on any atom is -0.399 e. The summed E-state index contributed by atoms with van der Waals surface area (Å²) in [5.41, 5.74) is 10.6. The minimum atomic E-state index is -0.705. The Kier molecular flexibility index (Phi) is 4.86. The SMILES string of the molecule is CC(C)CN(CC(N)=O)C(=O)c1ccc(N)cc1F. The number of nitrogens with zero attached hydrogens (tertiary/aromatic N) is 1. The first-order chi connectivity index (χ1) is 8.81. The molecule has 0 atom stereocenters. The van der Waals surface area contributed by atoms with Gasteiger partial charge >= 0.3 is 0 Å². The highest BCUT2D eigenvalue weighted by atomic mass is 19.1. The third kappa shape index (κ3) is 4.24. The monoisotopic (exact) mass is 267 g/mol. The topological polar surface area (TPSA) is 89.4 Å². The quantitative estimate of drug-likeness (QED) is 0.780. The predicted molar refractivity (Wildman–Crippen MR) is 70.7 cm³/mol. The highest BCUT2D eigenvalue weighted by molar-refractivity contribution is 5.96. The molecule has 0 bridgehead atoms. The number of hydrogen-bond acceptors (Lipinski definition) is 3. The van der Waals surface area contributed by atoms with Gasteiger partial charge < -0.3 is 16.4 Å². The molecule has 0 heterocycles. The maximum absolute atomic E-state index is 13.7. The highest BCUT2D eigenvalue weighted by Gasteiger charge is 2.21. The number of carbonyl (C=O) groups excluding carboxylic acids is 2. The molecule has 0 aromatic heterocycles. The van der Waals surface area contributed by atoms with Crippen molar-refractivity contribution in [3.63, 3.8) is 0 Å². The first-order valence-electron chi connectivity index (χ1n) is 5.94. The van der Waals surface area contributed by atoms with E-state index in [2.05, 4.69) is 0 Å². The van der Waals surface area contributed by atoms with Crippen LogP contribution in [0.2, 0.25) is 0 Å². The minimum absolute atomic E-state index is 0.115. The smallest absolute Gasteiger partial charge is 0.257 e. The summed E-state index contributed by atoms with van der Waals surface area (Å²) in [6, 6.07) is 3.82. The van der Waals surface area contributed by atoms with Crippen LogP contribution in [0.4, 0.5) is 10.1 Å². The zero-order valence-electron chi connectivity index (χ0n) is 11.0. The van der Waals surface area contributed by atoms with E-state index in [9.17, 15) is 14.0 Å². The van der Waals surface area contributed by atoms with Crippen LogP contribution < -0.4 is 11.5 Å². The molecule has 0 aliphatic carbocycles. The number of carbonyl (C=O) groups is 2. The zero-order valence-corrected chi connectivity index (χ0v) is 11.0. The van der Waals surface area contributed by atoms with Crippen molar-refractivity contribution in [2.75, 3.05) is 18.8 Å². The lowest BCUT2D eigenvalue weighted by Crippen LogP contribution is -2.40. The molecule has 2 amide bonds. The number of anilines is 1. The van der Waals surface area contributed by atoms with Gasteiger partial charge in [-0.05, 0) is 24.1 Å². The summed E-state index contributed by atoms with van der Waals surface area (Å²) in [5.74, 6) is -1.77. The fourth-order valence-corrected chi connectivity index (χ4v) is 1.72. The van der Waals surface area contributed by atoms with E-state index in [1.165, 1.54) is 17.0 Å². The van der Waals surface area contributed by atoms with E-state index < -0.39 is 17.6 Å². The summed E-state index contributed by atoms with van der Waals surface area (Å²) in [5, 5.41) is 0. The van der Waals surface area contributed by atoms with Gasteiger partial charge in [0.15, 0.2) is 0 Å². The number of rotatable bonds is 5. The maximum atomic E-state index is 13.7. The van der Waals surface area contributed by atoms with E-state index in [1.54, 1.807) is 0 Å². The second kappa shape index (κ2) is 6.17. The van der Waals surface area contributed by atoms with Gasteiger partial charge in [0.2, 0.25) is 5.91 Å². The van der Waals surface area contributed by atoms with Crippen molar-refractivity contribution in [1.29, 1.82) is 0 Å². The molecule has 0 radical (unpaired) electrons. The molecule has 0 spiro atoms. The first kappa shape index (κ1) is 14.9. The van der Waals surface area contributed by atoms with E-state index in [0.717, 1.165) is 6.07 Å². The van der Waals surface area contributed by atoms with Crippen LogP contribution in [0.15, 0.2) is 18.2 Å². The zero-order chi connectivity index (χ0) is 14.6. The summed E-state index contributed by atoms with van der Waals surface area (Å²) >= 11 is 0. The van der Waals surface area contributed by atoms with Crippen molar-refractivity contribution in [2.24, 2.45) is 11.7 Å². The highest BCUT2D eigenvalue weighted by Crippen LogP contribution is 2.15. The second-order valence-corrected chi connectivity index (χ2v) is 4.79. The molecule has 0 saturated carbocycles. The molecule has 0 saturated heterocycles. The maximum Gasteiger partial charge on any atom is 0.257 e. The van der Waals surface area contributed by atoms with Gasteiger partial charge in [0.25, 0.3) is 5.91 Å². The predicted octanol–water partition coefficient (Wildman–Crippen LogP) is 0.991. The molecule has 6 heteroatoms. The van der Waals surface area contributed by atoms with Gasteiger partial charge in [-0.1, -0.05) is 13.8 Å². The van der Waals surface area contributed by atoms with Crippen LogP contribution >= 0.6 is 0 Å². The Morgan fingerprint density at radius 1 is 1.37 bits per heavy atom. The van der Waals surface area contributed by atoms with Crippen LogP contribution in [-0.2, 0) is 4.79 Å². The van der Waals surface area contributed by atoms with Crippen molar-refractivity contribution in [2.45, 2.75) is 13.8 Å². The van der Waals surface area contributed by atoms with Crippen molar-refractivity contribution in [3.05, 3.63) is 29.6 Å². The number of nitrogens with two attached hydrogens (primary N) is 2. The molecule has 5 nitrogen and oxygen atoms in total. The van der Waals surface area contributed by atoms with Gasteiger partial charge in [-0.15, -0.1) is 0 Å². The fourth-order valence-electron chi connectivity index (χ4n) is 1.72. The lowest BCUT2D eigenvalue weighted by molar-refractivity contribution is -0.118. The van der Waals surface area contributed by atoms with Crippen LogP contribution in [0.1, 0.15) is 24.2 Å². The molecule has 0 aliphatic rings. The normalized spacial score (nSPS) is 10.5. The molecular formula is C13H18FN3O2. The third-order valence-electron chi connectivity index (χ3n) is 2.44. The number of benzene rings is 1. The number of hydrogen-bond donors (Lipinski definition) is 2. The lowest BCUT2D eigenvalue weighted by Gasteiger charge is -2.23. The number of nitrogen functional groups attached to an aromatic ring is 1. The Bertz CT molecular complexity index is 489. The van der Waals surface area contributed by atoms with Crippen molar-refractivity contribution in [3.8, 4) is 0 Å². The van der Waals surface area contributed by atoms with Gasteiger partial charge in [0.05, 0.1) is 12.1 Å². The molecule has 0 unspecified atom stereocenters. The van der Waals surface area contributed by atoms with Crippen LogP contribution in [0, 0.1) is 11.7 Å². The second-order valence-electron chi connectivity index (χ2n) is 4.79. The van der Waals surface area contributed by atoms with Gasteiger partial charge in [-0.3, -0.25) is 9.59 Å². The third-order valence-corrected chi connectivity index (χ3v) is 2.44.